The molecule has 5 aromatic rings. The zero-order valence-corrected chi connectivity index (χ0v) is 19.6. The molecule has 0 aliphatic heterocycles. The van der Waals surface area contributed by atoms with Crippen LogP contribution in [0.3, 0.4) is 0 Å². The third-order valence-corrected chi connectivity index (χ3v) is 5.83. The van der Waals surface area contributed by atoms with E-state index in [0.29, 0.717) is 17.3 Å². The van der Waals surface area contributed by atoms with E-state index in [2.05, 4.69) is 30.6 Å². The number of aryl methyl sites for hydroxylation is 1. The molecule has 2 N–H and O–H groups in total. The molecule has 36 heavy (non-hydrogen) atoms. The maximum Gasteiger partial charge on any atom is 0.420 e. The lowest BCUT2D eigenvalue weighted by atomic mass is 9.96. The molecule has 0 saturated heterocycles. The minimum Gasteiger partial charge on any atom is -0.496 e. The Morgan fingerprint density at radius 2 is 1.78 bits per heavy atom. The Balaban J connectivity index is 1.60. The van der Waals surface area contributed by atoms with Crippen molar-refractivity contribution >= 4 is 39.3 Å². The van der Waals surface area contributed by atoms with Gasteiger partial charge in [-0.25, -0.2) is 15.0 Å². The summed E-state index contributed by atoms with van der Waals surface area (Å²) in [4.78, 5) is 17.7. The molecular formula is C26H21F3N6O. The highest BCUT2D eigenvalue weighted by Crippen LogP contribution is 2.39. The zero-order valence-electron chi connectivity index (χ0n) is 19.6. The fraction of sp³-hybridized carbons (Fsp3) is 0.154. The number of halogens is 3. The summed E-state index contributed by atoms with van der Waals surface area (Å²) in [5.74, 6) is 0.627. The minimum absolute atomic E-state index is 0.218. The number of nitrogens with one attached hydrogen (secondary N) is 2. The van der Waals surface area contributed by atoms with E-state index in [0.717, 1.165) is 39.0 Å². The van der Waals surface area contributed by atoms with Gasteiger partial charge in [-0.2, -0.15) is 13.2 Å². The van der Waals surface area contributed by atoms with Crippen LogP contribution < -0.4 is 15.4 Å². The van der Waals surface area contributed by atoms with E-state index in [1.54, 1.807) is 25.6 Å². The van der Waals surface area contributed by atoms with Crippen LogP contribution in [0.2, 0.25) is 0 Å². The average Bonchev–Trinajstić information content (AvgIpc) is 2.87. The lowest BCUT2D eigenvalue weighted by Crippen LogP contribution is -2.08. The number of alkyl halides is 3. The predicted molar refractivity (Wildman–Crippen MR) is 134 cm³/mol. The summed E-state index contributed by atoms with van der Waals surface area (Å²) < 4.78 is 45.4. The van der Waals surface area contributed by atoms with Crippen LogP contribution in [0.4, 0.5) is 30.6 Å². The van der Waals surface area contributed by atoms with Crippen molar-refractivity contribution in [3.63, 3.8) is 0 Å². The number of pyridine rings is 2. The number of rotatable bonds is 5. The number of anilines is 3. The first kappa shape index (κ1) is 23.3. The van der Waals surface area contributed by atoms with Crippen LogP contribution in [-0.2, 0) is 6.18 Å². The van der Waals surface area contributed by atoms with Gasteiger partial charge in [-0.3, -0.25) is 4.98 Å². The molecule has 2 aromatic carbocycles. The van der Waals surface area contributed by atoms with E-state index in [-0.39, 0.29) is 11.4 Å². The van der Waals surface area contributed by atoms with Crippen LogP contribution in [0, 0.1) is 6.92 Å². The molecule has 3 heterocycles. The van der Waals surface area contributed by atoms with Gasteiger partial charge in [0.1, 0.15) is 11.3 Å². The van der Waals surface area contributed by atoms with E-state index in [9.17, 15) is 13.2 Å². The molecule has 3 aromatic heterocycles. The van der Waals surface area contributed by atoms with E-state index < -0.39 is 11.7 Å². The van der Waals surface area contributed by atoms with Gasteiger partial charge in [0.25, 0.3) is 0 Å². The summed E-state index contributed by atoms with van der Waals surface area (Å²) in [7, 11) is 2.97. The summed E-state index contributed by atoms with van der Waals surface area (Å²) in [5.41, 5.74) is 3.50. The molecule has 7 nitrogen and oxygen atoms in total. The van der Waals surface area contributed by atoms with Gasteiger partial charge in [0.15, 0.2) is 5.82 Å². The lowest BCUT2D eigenvalue weighted by molar-refractivity contribution is -0.138. The highest BCUT2D eigenvalue weighted by atomic mass is 19.4. The lowest BCUT2D eigenvalue weighted by Gasteiger charge is -2.16. The fourth-order valence-corrected chi connectivity index (χ4v) is 4.15. The SMILES string of the molecule is CNc1ncc2cc(-c3c(C)cnc4c(Nc5ccc(OC)c(C(F)(F)F)c5)nccc34)ccc2n1. The number of ether oxygens (including phenoxy) is 1. The summed E-state index contributed by atoms with van der Waals surface area (Å²) in [6, 6.07) is 11.5. The fourth-order valence-electron chi connectivity index (χ4n) is 4.15. The topological polar surface area (TPSA) is 84.9 Å². The van der Waals surface area contributed by atoms with Crippen LogP contribution in [0.15, 0.2) is 61.1 Å². The maximum absolute atomic E-state index is 13.5. The molecule has 0 bridgehead atoms. The number of aromatic nitrogens is 4. The number of methoxy groups -OCH3 is 1. The average molecular weight is 490 g/mol. The summed E-state index contributed by atoms with van der Waals surface area (Å²) >= 11 is 0. The molecule has 0 spiro atoms. The predicted octanol–water partition coefficient (Wildman–Crippen LogP) is 6.36. The molecule has 0 aliphatic rings. The van der Waals surface area contributed by atoms with Crippen molar-refractivity contribution in [2.75, 3.05) is 24.8 Å². The first-order valence-electron chi connectivity index (χ1n) is 11.0. The van der Waals surface area contributed by atoms with E-state index in [1.165, 1.54) is 19.2 Å². The molecule has 5 rings (SSSR count). The van der Waals surface area contributed by atoms with Crippen molar-refractivity contribution in [3.8, 4) is 16.9 Å². The van der Waals surface area contributed by atoms with Crippen LogP contribution in [0.25, 0.3) is 32.9 Å². The summed E-state index contributed by atoms with van der Waals surface area (Å²) in [5, 5.41) is 7.61. The van der Waals surface area contributed by atoms with Gasteiger partial charge in [0.2, 0.25) is 5.95 Å². The van der Waals surface area contributed by atoms with Gasteiger partial charge >= 0.3 is 6.18 Å². The normalized spacial score (nSPS) is 11.6. The molecule has 0 atom stereocenters. The van der Waals surface area contributed by atoms with Crippen molar-refractivity contribution in [1.29, 1.82) is 0 Å². The number of hydrogen-bond acceptors (Lipinski definition) is 7. The van der Waals surface area contributed by atoms with Gasteiger partial charge in [0.05, 0.1) is 18.2 Å². The third kappa shape index (κ3) is 4.21. The highest BCUT2D eigenvalue weighted by molar-refractivity contribution is 6.02. The second-order valence-electron chi connectivity index (χ2n) is 8.13. The quantitative estimate of drug-likeness (QED) is 0.296. The van der Waals surface area contributed by atoms with E-state index in [4.69, 9.17) is 4.74 Å². The monoisotopic (exact) mass is 490 g/mol. The van der Waals surface area contributed by atoms with Crippen LogP contribution in [0.1, 0.15) is 11.1 Å². The van der Waals surface area contributed by atoms with Crippen molar-refractivity contribution in [2.45, 2.75) is 13.1 Å². The summed E-state index contributed by atoms with van der Waals surface area (Å²) in [6.45, 7) is 1.96. The molecule has 10 heteroatoms. The largest absolute Gasteiger partial charge is 0.496 e. The van der Waals surface area contributed by atoms with Crippen LogP contribution in [0.5, 0.6) is 5.75 Å². The van der Waals surface area contributed by atoms with Crippen molar-refractivity contribution in [1.82, 2.24) is 19.9 Å². The Morgan fingerprint density at radius 1 is 0.944 bits per heavy atom. The smallest absolute Gasteiger partial charge is 0.420 e. The Labute approximate surface area is 204 Å². The third-order valence-electron chi connectivity index (χ3n) is 5.83. The molecule has 0 radical (unpaired) electrons. The standard InChI is InChI=1S/C26H21F3N6O/c1-14-12-32-23-18(22(14)15-4-6-20-16(10-15)13-33-25(30-2)35-20)8-9-31-24(23)34-17-5-7-21(36-3)19(11-17)26(27,28)29/h4-13H,1-3H3,(H,31,34)(H,30,33,35). The number of hydrogen-bond donors (Lipinski definition) is 2. The molecule has 182 valence electrons. The first-order valence-corrected chi connectivity index (χ1v) is 11.0. The molecule has 0 unspecified atom stereocenters. The van der Waals surface area contributed by atoms with Gasteiger partial charge < -0.3 is 15.4 Å². The number of fused-ring (bicyclic) bond motifs is 2. The van der Waals surface area contributed by atoms with Gasteiger partial charge in [-0.15, -0.1) is 0 Å². The second-order valence-corrected chi connectivity index (χ2v) is 8.13. The van der Waals surface area contributed by atoms with Crippen molar-refractivity contribution in [3.05, 3.63) is 72.2 Å². The van der Waals surface area contributed by atoms with Crippen molar-refractivity contribution in [2.24, 2.45) is 0 Å². The number of benzene rings is 2. The van der Waals surface area contributed by atoms with Gasteiger partial charge in [-0.05, 0) is 60.0 Å². The molecule has 0 amide bonds. The Morgan fingerprint density at radius 3 is 2.53 bits per heavy atom. The Kier molecular flexibility index (Phi) is 5.79. The molecule has 0 aliphatic carbocycles. The van der Waals surface area contributed by atoms with Crippen LogP contribution >= 0.6 is 0 Å². The molecule has 0 saturated carbocycles. The highest BCUT2D eigenvalue weighted by Gasteiger charge is 2.34. The van der Waals surface area contributed by atoms with Gasteiger partial charge in [0, 0.05) is 42.1 Å². The van der Waals surface area contributed by atoms with E-state index in [1.807, 2.05) is 31.2 Å². The van der Waals surface area contributed by atoms with Crippen molar-refractivity contribution < 1.29 is 17.9 Å². The maximum atomic E-state index is 13.5. The van der Waals surface area contributed by atoms with Crippen LogP contribution in [-0.4, -0.2) is 34.1 Å². The Bertz CT molecular complexity index is 1600. The zero-order chi connectivity index (χ0) is 25.4. The van der Waals surface area contributed by atoms with E-state index >= 15 is 0 Å². The summed E-state index contributed by atoms with van der Waals surface area (Å²) in [6.07, 6.45) is 0.523. The second kappa shape index (κ2) is 8.95. The first-order chi connectivity index (χ1) is 17.3. The van der Waals surface area contributed by atoms with Gasteiger partial charge in [-0.1, -0.05) is 6.07 Å². The Hall–Kier alpha value is -4.47. The molecule has 0 fully saturated rings. The number of nitrogens with zero attached hydrogens (tertiary/aromatic N) is 4. The molecular weight excluding hydrogens is 469 g/mol. The minimum atomic E-state index is -4.56.